The van der Waals surface area contributed by atoms with Crippen LogP contribution in [0.4, 0.5) is 0 Å². The quantitative estimate of drug-likeness (QED) is 0.937. The van der Waals surface area contributed by atoms with Crippen molar-refractivity contribution < 1.29 is 9.47 Å². The molecule has 1 unspecified atom stereocenters. The second-order valence-corrected chi connectivity index (χ2v) is 5.39. The van der Waals surface area contributed by atoms with E-state index in [1.54, 1.807) is 0 Å². The molecule has 0 aromatic heterocycles. The SMILES string of the molecule is Cc1cccc(CN)c1OCC1OCCc2ccccc21. The van der Waals surface area contributed by atoms with Crippen molar-refractivity contribution in [1.29, 1.82) is 0 Å². The number of benzene rings is 2. The average molecular weight is 283 g/mol. The van der Waals surface area contributed by atoms with Crippen LogP contribution in [0.5, 0.6) is 5.75 Å². The van der Waals surface area contributed by atoms with Crippen LogP contribution in [-0.2, 0) is 17.7 Å². The Kier molecular flexibility index (Phi) is 4.23. The number of rotatable bonds is 4. The van der Waals surface area contributed by atoms with Gasteiger partial charge in [0.2, 0.25) is 0 Å². The first-order valence-corrected chi connectivity index (χ1v) is 7.40. The summed E-state index contributed by atoms with van der Waals surface area (Å²) in [5, 5.41) is 0. The summed E-state index contributed by atoms with van der Waals surface area (Å²) < 4.78 is 11.9. The number of nitrogens with two attached hydrogens (primary N) is 1. The number of ether oxygens (including phenoxy) is 2. The van der Waals surface area contributed by atoms with E-state index in [0.717, 1.165) is 29.9 Å². The maximum absolute atomic E-state index is 6.05. The normalized spacial score (nSPS) is 17.3. The van der Waals surface area contributed by atoms with Gasteiger partial charge >= 0.3 is 0 Å². The molecule has 3 nitrogen and oxygen atoms in total. The summed E-state index contributed by atoms with van der Waals surface area (Å²) in [6.45, 7) is 3.81. The van der Waals surface area contributed by atoms with Gasteiger partial charge in [0.15, 0.2) is 0 Å². The Morgan fingerprint density at radius 1 is 1.19 bits per heavy atom. The number of para-hydroxylation sites is 1. The zero-order valence-electron chi connectivity index (χ0n) is 12.3. The molecule has 0 saturated carbocycles. The van der Waals surface area contributed by atoms with Gasteiger partial charge < -0.3 is 15.2 Å². The van der Waals surface area contributed by atoms with Crippen LogP contribution < -0.4 is 10.5 Å². The van der Waals surface area contributed by atoms with Gasteiger partial charge in [-0.1, -0.05) is 42.5 Å². The Morgan fingerprint density at radius 2 is 2.05 bits per heavy atom. The van der Waals surface area contributed by atoms with Crippen molar-refractivity contribution in [2.45, 2.75) is 26.0 Å². The summed E-state index contributed by atoms with van der Waals surface area (Å²) >= 11 is 0. The third-order valence-electron chi connectivity index (χ3n) is 3.98. The predicted octanol–water partition coefficient (Wildman–Crippen LogP) is 3.15. The molecule has 0 fully saturated rings. The van der Waals surface area contributed by atoms with Gasteiger partial charge in [-0.25, -0.2) is 0 Å². The van der Waals surface area contributed by atoms with Crippen LogP contribution in [0.2, 0.25) is 0 Å². The van der Waals surface area contributed by atoms with Crippen LogP contribution in [0.3, 0.4) is 0 Å². The number of hydrogen-bond acceptors (Lipinski definition) is 3. The van der Waals surface area contributed by atoms with Gasteiger partial charge in [-0.2, -0.15) is 0 Å². The van der Waals surface area contributed by atoms with Crippen LogP contribution in [0, 0.1) is 6.92 Å². The van der Waals surface area contributed by atoms with Crippen LogP contribution >= 0.6 is 0 Å². The van der Waals surface area contributed by atoms with Crippen molar-refractivity contribution in [2.24, 2.45) is 5.73 Å². The molecular formula is C18H21NO2. The molecule has 0 radical (unpaired) electrons. The van der Waals surface area contributed by atoms with Gasteiger partial charge in [0, 0.05) is 12.1 Å². The summed E-state index contributed by atoms with van der Waals surface area (Å²) in [6, 6.07) is 14.5. The highest BCUT2D eigenvalue weighted by molar-refractivity contribution is 5.41. The van der Waals surface area contributed by atoms with Crippen molar-refractivity contribution in [3.05, 3.63) is 64.7 Å². The highest BCUT2D eigenvalue weighted by Gasteiger charge is 2.21. The Morgan fingerprint density at radius 3 is 2.90 bits per heavy atom. The van der Waals surface area contributed by atoms with Gasteiger partial charge in [0.25, 0.3) is 0 Å². The fourth-order valence-corrected chi connectivity index (χ4v) is 2.85. The number of fused-ring (bicyclic) bond motifs is 1. The molecule has 3 heteroatoms. The van der Waals surface area contributed by atoms with E-state index in [2.05, 4.69) is 24.3 Å². The highest BCUT2D eigenvalue weighted by atomic mass is 16.5. The van der Waals surface area contributed by atoms with Crippen molar-refractivity contribution >= 4 is 0 Å². The Bertz CT molecular complexity index is 624. The lowest BCUT2D eigenvalue weighted by atomic mass is 9.98. The van der Waals surface area contributed by atoms with E-state index in [-0.39, 0.29) is 6.10 Å². The Hall–Kier alpha value is -1.84. The maximum atomic E-state index is 6.05. The molecule has 2 N–H and O–H groups in total. The van der Waals surface area contributed by atoms with Crippen LogP contribution in [0.1, 0.15) is 28.4 Å². The summed E-state index contributed by atoms with van der Waals surface area (Å²) in [5.41, 5.74) is 10.6. The molecule has 2 aromatic rings. The van der Waals surface area contributed by atoms with Gasteiger partial charge in [-0.15, -0.1) is 0 Å². The average Bonchev–Trinajstić information content (AvgIpc) is 2.53. The first kappa shape index (κ1) is 14.1. The van der Waals surface area contributed by atoms with Crippen molar-refractivity contribution in [3.63, 3.8) is 0 Å². The van der Waals surface area contributed by atoms with E-state index >= 15 is 0 Å². The van der Waals surface area contributed by atoms with E-state index in [1.165, 1.54) is 11.1 Å². The van der Waals surface area contributed by atoms with Crippen LogP contribution in [0.25, 0.3) is 0 Å². The molecule has 1 atom stereocenters. The van der Waals surface area contributed by atoms with E-state index in [4.69, 9.17) is 15.2 Å². The third-order valence-corrected chi connectivity index (χ3v) is 3.98. The number of aryl methyl sites for hydroxylation is 1. The van der Waals surface area contributed by atoms with E-state index in [0.29, 0.717) is 13.2 Å². The molecule has 0 bridgehead atoms. The molecule has 1 heterocycles. The third kappa shape index (κ3) is 2.94. The lowest BCUT2D eigenvalue weighted by Gasteiger charge is -2.26. The largest absolute Gasteiger partial charge is 0.490 e. The Labute approximate surface area is 125 Å². The monoisotopic (exact) mass is 283 g/mol. The van der Waals surface area contributed by atoms with E-state index in [1.807, 2.05) is 25.1 Å². The smallest absolute Gasteiger partial charge is 0.126 e. The van der Waals surface area contributed by atoms with E-state index in [9.17, 15) is 0 Å². The highest BCUT2D eigenvalue weighted by Crippen LogP contribution is 2.29. The summed E-state index contributed by atoms with van der Waals surface area (Å²) in [5.74, 6) is 0.895. The molecule has 0 saturated heterocycles. The molecule has 2 aromatic carbocycles. The molecule has 1 aliphatic heterocycles. The van der Waals surface area contributed by atoms with Crippen LogP contribution in [-0.4, -0.2) is 13.2 Å². The topological polar surface area (TPSA) is 44.5 Å². The molecule has 3 rings (SSSR count). The minimum Gasteiger partial charge on any atom is -0.490 e. The van der Waals surface area contributed by atoms with Gasteiger partial charge in [0.05, 0.1) is 6.61 Å². The molecule has 110 valence electrons. The first-order chi connectivity index (χ1) is 10.3. The molecule has 1 aliphatic rings. The zero-order chi connectivity index (χ0) is 14.7. The summed E-state index contributed by atoms with van der Waals surface area (Å²) in [4.78, 5) is 0. The molecule has 21 heavy (non-hydrogen) atoms. The van der Waals surface area contributed by atoms with Crippen molar-refractivity contribution in [2.75, 3.05) is 13.2 Å². The maximum Gasteiger partial charge on any atom is 0.126 e. The minimum atomic E-state index is 0.000167. The van der Waals surface area contributed by atoms with Crippen molar-refractivity contribution in [3.8, 4) is 5.75 Å². The number of hydrogen-bond donors (Lipinski definition) is 1. The molecule has 0 aliphatic carbocycles. The molecular weight excluding hydrogens is 262 g/mol. The minimum absolute atomic E-state index is 0.000167. The Balaban J connectivity index is 1.78. The van der Waals surface area contributed by atoms with Crippen LogP contribution in [0.15, 0.2) is 42.5 Å². The van der Waals surface area contributed by atoms with E-state index < -0.39 is 0 Å². The second kappa shape index (κ2) is 6.29. The zero-order valence-corrected chi connectivity index (χ0v) is 12.3. The standard InChI is InChI=1S/C18H21NO2/c1-13-5-4-7-15(11-19)18(13)21-12-17-16-8-3-2-6-14(16)9-10-20-17/h2-8,17H,9-12,19H2,1H3. The fraction of sp³-hybridized carbons (Fsp3) is 0.333. The summed E-state index contributed by atoms with van der Waals surface area (Å²) in [7, 11) is 0. The first-order valence-electron chi connectivity index (χ1n) is 7.40. The lowest BCUT2D eigenvalue weighted by molar-refractivity contribution is 0.00984. The predicted molar refractivity (Wildman–Crippen MR) is 83.4 cm³/mol. The van der Waals surface area contributed by atoms with Gasteiger partial charge in [-0.05, 0) is 30.0 Å². The van der Waals surface area contributed by atoms with Crippen molar-refractivity contribution in [1.82, 2.24) is 0 Å². The molecule has 0 amide bonds. The van der Waals surface area contributed by atoms with Gasteiger partial charge in [-0.3, -0.25) is 0 Å². The second-order valence-electron chi connectivity index (χ2n) is 5.39. The lowest BCUT2D eigenvalue weighted by Crippen LogP contribution is -2.22. The van der Waals surface area contributed by atoms with Gasteiger partial charge in [0.1, 0.15) is 18.5 Å². The fourth-order valence-electron chi connectivity index (χ4n) is 2.85. The molecule has 0 spiro atoms. The summed E-state index contributed by atoms with van der Waals surface area (Å²) in [6.07, 6.45) is 0.977.